The van der Waals surface area contributed by atoms with E-state index in [2.05, 4.69) is 11.2 Å². The Morgan fingerprint density at radius 1 is 1.17 bits per heavy atom. The van der Waals surface area contributed by atoms with Crippen LogP contribution >= 0.6 is 0 Å². The Bertz CT molecular complexity index is 1760. The molecule has 1 aliphatic rings. The molecule has 1 aromatic heterocycles. The average molecular weight is 555 g/mol. The molecule has 0 spiro atoms. The van der Waals surface area contributed by atoms with Gasteiger partial charge in [-0.05, 0) is 73.9 Å². The summed E-state index contributed by atoms with van der Waals surface area (Å²) in [5, 5.41) is 33.9. The second-order valence-corrected chi connectivity index (χ2v) is 10.2. The highest BCUT2D eigenvalue weighted by Gasteiger charge is 2.42. The molecule has 0 fully saturated rings. The average Bonchev–Trinajstić information content (AvgIpc) is 3.38. The first-order valence-corrected chi connectivity index (χ1v) is 13.2. The fourth-order valence-electron chi connectivity index (χ4n) is 4.98. The van der Waals surface area contributed by atoms with Crippen LogP contribution in [0.2, 0.25) is 0 Å². The van der Waals surface area contributed by atoms with Gasteiger partial charge in [-0.1, -0.05) is 23.4 Å². The van der Waals surface area contributed by atoms with E-state index < -0.39 is 23.5 Å². The van der Waals surface area contributed by atoms with Crippen LogP contribution in [0.5, 0.6) is 0 Å². The molecule has 41 heavy (non-hydrogen) atoms. The largest absolute Gasteiger partial charge is 0.481 e. The van der Waals surface area contributed by atoms with Crippen LogP contribution in [0.3, 0.4) is 0 Å². The molecule has 3 aromatic carbocycles. The van der Waals surface area contributed by atoms with Gasteiger partial charge >= 0.3 is 5.97 Å². The van der Waals surface area contributed by atoms with Gasteiger partial charge in [0.2, 0.25) is 0 Å². The molecule has 5 rings (SSSR count). The molecule has 2 heterocycles. The van der Waals surface area contributed by atoms with Crippen LogP contribution in [0.4, 0.5) is 4.39 Å². The van der Waals surface area contributed by atoms with Gasteiger partial charge in [-0.15, -0.1) is 0 Å². The number of aryl methyl sites for hydroxylation is 1. The van der Waals surface area contributed by atoms with Crippen molar-refractivity contribution in [2.24, 2.45) is 5.16 Å². The summed E-state index contributed by atoms with van der Waals surface area (Å²) in [6.07, 6.45) is 0.481. The lowest BCUT2D eigenvalue weighted by Gasteiger charge is -2.27. The standard InChI is InChI=1S/C31H27FN4O5/c1-31(29(39)21-6-4-5-19(15-21)18-33)17-26(35-41-31)20-9-14-24-25(16-20)34-27(7-2-3-8-28(37)38)36(30(24)40)23-12-10-22(32)11-13-23/h4-6,9-16,29,39H,2-3,7-8,17H2,1H3,(H,37,38)/t29-,31+/m1/s1. The Hall–Kier alpha value is -4.88. The first-order valence-electron chi connectivity index (χ1n) is 13.2. The Balaban J connectivity index is 1.47. The number of benzene rings is 3. The number of hydrogen-bond acceptors (Lipinski definition) is 7. The molecular weight excluding hydrogens is 527 g/mol. The predicted octanol–water partition coefficient (Wildman–Crippen LogP) is 4.81. The highest BCUT2D eigenvalue weighted by molar-refractivity contribution is 6.04. The Morgan fingerprint density at radius 3 is 2.68 bits per heavy atom. The number of aromatic nitrogens is 2. The number of carbonyl (C=O) groups is 1. The number of fused-ring (bicyclic) bond motifs is 1. The zero-order chi connectivity index (χ0) is 29.1. The lowest BCUT2D eigenvalue weighted by Crippen LogP contribution is -2.33. The van der Waals surface area contributed by atoms with Crippen LogP contribution in [0.15, 0.2) is 76.7 Å². The zero-order valence-corrected chi connectivity index (χ0v) is 22.2. The number of unbranched alkanes of at least 4 members (excludes halogenated alkanes) is 1. The van der Waals surface area contributed by atoms with Crippen LogP contribution in [-0.4, -0.2) is 37.0 Å². The normalized spacial score (nSPS) is 17.1. The van der Waals surface area contributed by atoms with E-state index in [0.717, 1.165) is 0 Å². The summed E-state index contributed by atoms with van der Waals surface area (Å²) in [7, 11) is 0. The molecular formula is C31H27FN4O5. The summed E-state index contributed by atoms with van der Waals surface area (Å²) < 4.78 is 15.0. The molecule has 0 unspecified atom stereocenters. The van der Waals surface area contributed by atoms with Crippen molar-refractivity contribution in [3.8, 4) is 11.8 Å². The van der Waals surface area contributed by atoms with Gasteiger partial charge < -0.3 is 15.1 Å². The third-order valence-corrected chi connectivity index (χ3v) is 7.19. The number of carboxylic acid groups (broad SMARTS) is 1. The highest BCUT2D eigenvalue weighted by atomic mass is 19.1. The highest BCUT2D eigenvalue weighted by Crippen LogP contribution is 2.38. The molecule has 1 aliphatic heterocycles. The minimum Gasteiger partial charge on any atom is -0.481 e. The van der Waals surface area contributed by atoms with Gasteiger partial charge in [0.1, 0.15) is 17.7 Å². The van der Waals surface area contributed by atoms with E-state index in [1.165, 1.54) is 28.8 Å². The van der Waals surface area contributed by atoms with Gasteiger partial charge in [0.25, 0.3) is 5.56 Å². The third-order valence-electron chi connectivity index (χ3n) is 7.19. The second kappa shape index (κ2) is 11.3. The Morgan fingerprint density at radius 2 is 1.95 bits per heavy atom. The van der Waals surface area contributed by atoms with Crippen molar-refractivity contribution >= 4 is 22.6 Å². The molecule has 2 N–H and O–H groups in total. The fraction of sp³-hybridized carbons (Fsp3) is 0.258. The Kier molecular flexibility index (Phi) is 7.64. The number of hydrogen-bond donors (Lipinski definition) is 2. The number of aliphatic hydroxyl groups is 1. The van der Waals surface area contributed by atoms with Gasteiger partial charge in [0.15, 0.2) is 5.60 Å². The number of aliphatic carboxylic acids is 1. The number of halogens is 1. The third kappa shape index (κ3) is 5.71. The number of nitrogens with zero attached hydrogens (tertiary/aromatic N) is 4. The lowest BCUT2D eigenvalue weighted by atomic mass is 9.86. The van der Waals surface area contributed by atoms with Crippen LogP contribution in [0, 0.1) is 17.1 Å². The summed E-state index contributed by atoms with van der Waals surface area (Å²) in [6, 6.07) is 19.4. The Labute approximate surface area is 234 Å². The van der Waals surface area contributed by atoms with Crippen molar-refractivity contribution in [2.45, 2.75) is 50.7 Å². The maximum atomic E-state index is 13.6. The molecule has 2 atom stereocenters. The molecule has 4 aromatic rings. The van der Waals surface area contributed by atoms with Crippen molar-refractivity contribution in [3.63, 3.8) is 0 Å². The maximum Gasteiger partial charge on any atom is 0.303 e. The van der Waals surface area contributed by atoms with E-state index in [9.17, 15) is 24.3 Å². The van der Waals surface area contributed by atoms with E-state index in [1.807, 2.05) is 0 Å². The molecule has 0 saturated carbocycles. The number of rotatable bonds is 9. The van der Waals surface area contributed by atoms with E-state index in [4.69, 9.17) is 14.9 Å². The molecule has 208 valence electrons. The summed E-state index contributed by atoms with van der Waals surface area (Å²) in [5.41, 5.74) is 1.68. The summed E-state index contributed by atoms with van der Waals surface area (Å²) in [6.45, 7) is 1.74. The van der Waals surface area contributed by atoms with Gasteiger partial charge in [-0.3, -0.25) is 14.2 Å². The monoisotopic (exact) mass is 554 g/mol. The van der Waals surface area contributed by atoms with Gasteiger partial charge in [0, 0.05) is 24.8 Å². The van der Waals surface area contributed by atoms with E-state index in [0.29, 0.717) is 64.1 Å². The van der Waals surface area contributed by atoms with Crippen LogP contribution in [-0.2, 0) is 16.1 Å². The quantitative estimate of drug-likeness (QED) is 0.283. The summed E-state index contributed by atoms with van der Waals surface area (Å²) in [5.74, 6) is -0.900. The van der Waals surface area contributed by atoms with Crippen molar-refractivity contribution in [3.05, 3.63) is 105 Å². The molecule has 0 amide bonds. The molecule has 0 bridgehead atoms. The van der Waals surface area contributed by atoms with Crippen LogP contribution in [0.25, 0.3) is 16.6 Å². The van der Waals surface area contributed by atoms with E-state index in [1.54, 1.807) is 49.4 Å². The molecule has 0 radical (unpaired) electrons. The van der Waals surface area contributed by atoms with Crippen molar-refractivity contribution in [1.82, 2.24) is 9.55 Å². The van der Waals surface area contributed by atoms with Crippen molar-refractivity contribution < 1.29 is 24.2 Å². The number of oxime groups is 1. The fourth-order valence-corrected chi connectivity index (χ4v) is 4.98. The minimum absolute atomic E-state index is 0.00373. The first-order chi connectivity index (χ1) is 19.7. The number of carboxylic acids is 1. The van der Waals surface area contributed by atoms with Gasteiger partial charge in [-0.25, -0.2) is 9.37 Å². The smallest absolute Gasteiger partial charge is 0.303 e. The van der Waals surface area contributed by atoms with Crippen molar-refractivity contribution in [1.29, 1.82) is 5.26 Å². The number of aliphatic hydroxyl groups excluding tert-OH is 1. The molecule has 0 saturated heterocycles. The molecule has 0 aliphatic carbocycles. The number of nitriles is 1. The second-order valence-electron chi connectivity index (χ2n) is 10.2. The van der Waals surface area contributed by atoms with Gasteiger partial charge in [-0.2, -0.15) is 5.26 Å². The lowest BCUT2D eigenvalue weighted by molar-refractivity contribution is -0.137. The summed E-state index contributed by atoms with van der Waals surface area (Å²) in [4.78, 5) is 35.1. The SMILES string of the molecule is C[C@@]1([C@H](O)c2cccc(C#N)c2)CC(c2ccc3c(=O)n(-c4ccc(F)cc4)c(CCCCC(=O)O)nc3c2)=NO1. The molecule has 9 nitrogen and oxygen atoms in total. The van der Waals surface area contributed by atoms with E-state index >= 15 is 0 Å². The van der Waals surface area contributed by atoms with E-state index in [-0.39, 0.29) is 18.4 Å². The van der Waals surface area contributed by atoms with Crippen LogP contribution < -0.4 is 5.56 Å². The predicted molar refractivity (Wildman–Crippen MR) is 149 cm³/mol. The van der Waals surface area contributed by atoms with Crippen molar-refractivity contribution in [2.75, 3.05) is 0 Å². The van der Waals surface area contributed by atoms with Gasteiger partial charge in [0.05, 0.1) is 33.9 Å². The zero-order valence-electron chi connectivity index (χ0n) is 22.2. The molecule has 10 heteroatoms. The van der Waals surface area contributed by atoms with Crippen LogP contribution in [0.1, 0.15) is 61.2 Å². The topological polar surface area (TPSA) is 138 Å². The first kappa shape index (κ1) is 27.7. The summed E-state index contributed by atoms with van der Waals surface area (Å²) >= 11 is 0. The maximum absolute atomic E-state index is 13.6. The minimum atomic E-state index is -1.08.